The van der Waals surface area contributed by atoms with Gasteiger partial charge in [-0.25, -0.2) is 0 Å². The molecule has 2 aliphatic rings. The summed E-state index contributed by atoms with van der Waals surface area (Å²) in [7, 11) is 0. The number of thiophene rings is 1. The number of benzene rings is 1. The maximum atomic E-state index is 5.46. The number of hydrogen-bond donors (Lipinski definition) is 0. The predicted molar refractivity (Wildman–Crippen MR) is 87.4 cm³/mol. The molecular weight excluding hydrogens is 296 g/mol. The van der Waals surface area contributed by atoms with Gasteiger partial charge in [0.05, 0.1) is 0 Å². The van der Waals surface area contributed by atoms with Crippen LogP contribution in [-0.2, 0) is 13.1 Å². The van der Waals surface area contributed by atoms with Gasteiger partial charge in [-0.05, 0) is 40.1 Å². The average molecular weight is 316 g/mol. The molecule has 0 bridgehead atoms. The highest BCUT2D eigenvalue weighted by Crippen LogP contribution is 2.32. The van der Waals surface area contributed by atoms with Gasteiger partial charge in [-0.1, -0.05) is 6.07 Å². The lowest BCUT2D eigenvalue weighted by atomic mass is 10.1. The second kappa shape index (κ2) is 6.28. The van der Waals surface area contributed by atoms with Crippen molar-refractivity contribution < 1.29 is 9.47 Å². The number of hydrogen-bond acceptors (Lipinski definition) is 5. The highest BCUT2D eigenvalue weighted by molar-refractivity contribution is 7.07. The minimum atomic E-state index is 0.347. The number of rotatable bonds is 4. The van der Waals surface area contributed by atoms with Gasteiger partial charge in [-0.15, -0.1) is 0 Å². The Morgan fingerprint density at radius 1 is 0.864 bits per heavy atom. The zero-order chi connectivity index (χ0) is 14.8. The topological polar surface area (TPSA) is 24.9 Å². The summed E-state index contributed by atoms with van der Waals surface area (Å²) in [5.41, 5.74) is 2.74. The Morgan fingerprint density at radius 3 is 2.32 bits per heavy atom. The normalized spacial score (nSPS) is 18.7. The SMILES string of the molecule is c1cc(CN2CCN(Cc3ccc4c(c3)OCO4)CC2)cs1. The summed E-state index contributed by atoms with van der Waals surface area (Å²) in [4.78, 5) is 5.06. The van der Waals surface area contributed by atoms with Gasteiger partial charge in [0, 0.05) is 39.3 Å². The van der Waals surface area contributed by atoms with E-state index in [2.05, 4.69) is 38.8 Å². The van der Waals surface area contributed by atoms with Crippen molar-refractivity contribution in [2.24, 2.45) is 0 Å². The van der Waals surface area contributed by atoms with Gasteiger partial charge in [0.15, 0.2) is 11.5 Å². The molecule has 0 radical (unpaired) electrons. The molecule has 1 aromatic heterocycles. The van der Waals surface area contributed by atoms with Crippen LogP contribution >= 0.6 is 11.3 Å². The van der Waals surface area contributed by atoms with E-state index in [0.29, 0.717) is 6.79 Å². The zero-order valence-corrected chi connectivity index (χ0v) is 13.3. The molecule has 1 fully saturated rings. The highest BCUT2D eigenvalue weighted by atomic mass is 32.1. The molecule has 22 heavy (non-hydrogen) atoms. The maximum Gasteiger partial charge on any atom is 0.231 e. The van der Waals surface area contributed by atoms with Crippen molar-refractivity contribution in [2.45, 2.75) is 13.1 Å². The fraction of sp³-hybridized carbons (Fsp3) is 0.412. The molecule has 4 rings (SSSR count). The second-order valence-corrected chi connectivity index (χ2v) is 6.65. The van der Waals surface area contributed by atoms with Crippen LogP contribution in [0.1, 0.15) is 11.1 Å². The molecule has 3 heterocycles. The first kappa shape index (κ1) is 14.1. The van der Waals surface area contributed by atoms with Gasteiger partial charge in [-0.2, -0.15) is 11.3 Å². The molecule has 2 aromatic rings. The van der Waals surface area contributed by atoms with E-state index in [0.717, 1.165) is 50.8 Å². The lowest BCUT2D eigenvalue weighted by Crippen LogP contribution is -2.45. The molecular formula is C17H20N2O2S. The molecule has 0 unspecified atom stereocenters. The standard InChI is InChI=1S/C17H20N2O2S/c1-2-16-17(21-13-20-16)9-14(1)10-18-4-6-19(7-5-18)11-15-3-8-22-12-15/h1-3,8-9,12H,4-7,10-11,13H2. The summed E-state index contributed by atoms with van der Waals surface area (Å²) >= 11 is 1.78. The summed E-state index contributed by atoms with van der Waals surface area (Å²) in [6.07, 6.45) is 0. The lowest BCUT2D eigenvalue weighted by Gasteiger charge is -2.34. The maximum absolute atomic E-state index is 5.46. The Kier molecular flexibility index (Phi) is 4.01. The molecule has 0 N–H and O–H groups in total. The molecule has 116 valence electrons. The third-order valence-corrected chi connectivity index (χ3v) is 5.03. The van der Waals surface area contributed by atoms with E-state index in [4.69, 9.17) is 9.47 Å². The van der Waals surface area contributed by atoms with E-state index in [9.17, 15) is 0 Å². The minimum absolute atomic E-state index is 0.347. The Balaban J connectivity index is 1.30. The van der Waals surface area contributed by atoms with Gasteiger partial charge in [0.1, 0.15) is 0 Å². The number of fused-ring (bicyclic) bond motifs is 1. The second-order valence-electron chi connectivity index (χ2n) is 5.87. The quantitative estimate of drug-likeness (QED) is 0.866. The van der Waals surface area contributed by atoms with Crippen LogP contribution in [0.4, 0.5) is 0 Å². The van der Waals surface area contributed by atoms with E-state index in [1.807, 2.05) is 6.07 Å². The predicted octanol–water partition coefficient (Wildman–Crippen LogP) is 2.79. The van der Waals surface area contributed by atoms with Gasteiger partial charge in [0.2, 0.25) is 6.79 Å². The van der Waals surface area contributed by atoms with Crippen molar-refractivity contribution in [1.29, 1.82) is 0 Å². The Bertz CT molecular complexity index is 622. The van der Waals surface area contributed by atoms with E-state index in [-0.39, 0.29) is 0 Å². The summed E-state index contributed by atoms with van der Waals surface area (Å²) in [5, 5.41) is 4.41. The molecule has 0 atom stereocenters. The molecule has 0 amide bonds. The van der Waals surface area contributed by atoms with Crippen molar-refractivity contribution in [3.05, 3.63) is 46.2 Å². The third kappa shape index (κ3) is 3.11. The van der Waals surface area contributed by atoms with Gasteiger partial charge >= 0.3 is 0 Å². The molecule has 0 spiro atoms. The van der Waals surface area contributed by atoms with E-state index in [1.54, 1.807) is 11.3 Å². The van der Waals surface area contributed by atoms with Crippen LogP contribution in [0.2, 0.25) is 0 Å². The van der Waals surface area contributed by atoms with E-state index >= 15 is 0 Å². The van der Waals surface area contributed by atoms with Crippen LogP contribution < -0.4 is 9.47 Å². The first-order chi connectivity index (χ1) is 10.9. The summed E-state index contributed by atoms with van der Waals surface area (Å²) < 4.78 is 10.8. The number of ether oxygens (including phenoxy) is 2. The number of nitrogens with zero attached hydrogens (tertiary/aromatic N) is 2. The Morgan fingerprint density at radius 2 is 1.59 bits per heavy atom. The molecule has 4 nitrogen and oxygen atoms in total. The first-order valence-electron chi connectivity index (χ1n) is 7.71. The molecule has 0 saturated carbocycles. The monoisotopic (exact) mass is 316 g/mol. The number of piperazine rings is 1. The van der Waals surface area contributed by atoms with Crippen LogP contribution in [0, 0.1) is 0 Å². The molecule has 1 aromatic carbocycles. The largest absolute Gasteiger partial charge is 0.454 e. The first-order valence-corrected chi connectivity index (χ1v) is 8.65. The van der Waals surface area contributed by atoms with Gasteiger partial charge < -0.3 is 9.47 Å². The van der Waals surface area contributed by atoms with E-state index in [1.165, 1.54) is 11.1 Å². The van der Waals surface area contributed by atoms with Crippen molar-refractivity contribution in [3.8, 4) is 11.5 Å². The van der Waals surface area contributed by atoms with Crippen LogP contribution in [0.15, 0.2) is 35.0 Å². The summed E-state index contributed by atoms with van der Waals surface area (Å²) in [5.74, 6) is 1.75. The minimum Gasteiger partial charge on any atom is -0.454 e. The van der Waals surface area contributed by atoms with Gasteiger partial charge in [0.25, 0.3) is 0 Å². The average Bonchev–Trinajstić information content (AvgIpc) is 3.20. The molecule has 0 aliphatic carbocycles. The van der Waals surface area contributed by atoms with Crippen molar-refractivity contribution in [3.63, 3.8) is 0 Å². The van der Waals surface area contributed by atoms with Crippen molar-refractivity contribution in [2.75, 3.05) is 33.0 Å². The van der Waals surface area contributed by atoms with Crippen molar-refractivity contribution in [1.82, 2.24) is 9.80 Å². The summed E-state index contributed by atoms with van der Waals surface area (Å²) in [6, 6.07) is 8.50. The molecule has 1 saturated heterocycles. The third-order valence-electron chi connectivity index (χ3n) is 4.29. The van der Waals surface area contributed by atoms with Crippen molar-refractivity contribution >= 4 is 11.3 Å². The fourth-order valence-electron chi connectivity index (χ4n) is 3.04. The molecule has 2 aliphatic heterocycles. The zero-order valence-electron chi connectivity index (χ0n) is 12.5. The van der Waals surface area contributed by atoms with Gasteiger partial charge in [-0.3, -0.25) is 9.80 Å². The van der Waals surface area contributed by atoms with Crippen LogP contribution in [-0.4, -0.2) is 42.8 Å². The highest BCUT2D eigenvalue weighted by Gasteiger charge is 2.19. The van der Waals surface area contributed by atoms with Crippen LogP contribution in [0.5, 0.6) is 11.5 Å². The smallest absolute Gasteiger partial charge is 0.231 e. The van der Waals surface area contributed by atoms with Crippen LogP contribution in [0.3, 0.4) is 0 Å². The van der Waals surface area contributed by atoms with E-state index < -0.39 is 0 Å². The lowest BCUT2D eigenvalue weighted by molar-refractivity contribution is 0.122. The fourth-order valence-corrected chi connectivity index (χ4v) is 3.70. The Labute approximate surface area is 134 Å². The molecule has 5 heteroatoms. The van der Waals surface area contributed by atoms with Crippen LogP contribution in [0.25, 0.3) is 0 Å². The Hall–Kier alpha value is -1.56. The summed E-state index contributed by atoms with van der Waals surface area (Å²) in [6.45, 7) is 6.95.